The van der Waals surface area contributed by atoms with Crippen LogP contribution in [0.3, 0.4) is 0 Å². The molecule has 7 nitrogen and oxygen atoms in total. The molecule has 0 radical (unpaired) electrons. The molecule has 1 amide bonds. The first kappa shape index (κ1) is 20.8. The Hall–Kier alpha value is -3.06. The van der Waals surface area contributed by atoms with Crippen LogP contribution in [0.4, 0.5) is 0 Å². The Morgan fingerprint density at radius 2 is 2.03 bits per heavy atom. The molecule has 1 saturated heterocycles. The van der Waals surface area contributed by atoms with E-state index in [1.165, 1.54) is 6.07 Å². The average Bonchev–Trinajstić information content (AvgIpc) is 2.78. The minimum Gasteiger partial charge on any atom is -0.482 e. The summed E-state index contributed by atoms with van der Waals surface area (Å²) < 4.78 is 12.9. The SMILES string of the molecule is CCc1cc(=O)oc2cc(OCC(=O)N3C[C@H]4C[C@H](C3)c3cccc(=O)n3C4)c(Cl)cc12. The highest BCUT2D eigenvalue weighted by atomic mass is 35.5. The summed E-state index contributed by atoms with van der Waals surface area (Å²) in [6, 6.07) is 10.1. The van der Waals surface area contributed by atoms with Crippen molar-refractivity contribution in [3.8, 4) is 5.75 Å². The van der Waals surface area contributed by atoms with Crippen molar-refractivity contribution in [2.75, 3.05) is 19.7 Å². The molecule has 2 bridgehead atoms. The number of carbonyl (C=O) groups excluding carboxylic acids is 1. The third-order valence-corrected chi connectivity index (χ3v) is 6.74. The second-order valence-corrected chi connectivity index (χ2v) is 8.92. The molecule has 0 unspecified atom stereocenters. The second-order valence-electron chi connectivity index (χ2n) is 8.51. The van der Waals surface area contributed by atoms with Crippen LogP contribution in [0.1, 0.15) is 30.5 Å². The standard InChI is InChI=1S/C24H23ClN2O5/c1-2-15-7-24(30)32-20-9-21(18(25)8-17(15)20)31-13-23(29)26-10-14-6-16(12-26)19-4-3-5-22(28)27(19)11-14/h3-5,7-9,14,16H,2,6,10-13H2,1H3/t14-,16-/m1/s1. The van der Waals surface area contributed by atoms with E-state index in [-0.39, 0.29) is 29.9 Å². The van der Waals surface area contributed by atoms with Crippen molar-refractivity contribution >= 4 is 28.5 Å². The molecule has 8 heteroatoms. The zero-order chi connectivity index (χ0) is 22.4. The highest BCUT2D eigenvalue weighted by molar-refractivity contribution is 6.32. The molecule has 2 aromatic heterocycles. The molecule has 2 aliphatic heterocycles. The molecular formula is C24H23ClN2O5. The van der Waals surface area contributed by atoms with Gasteiger partial charge in [0.1, 0.15) is 11.3 Å². The molecule has 0 aliphatic carbocycles. The van der Waals surface area contributed by atoms with E-state index in [1.54, 1.807) is 24.3 Å². The summed E-state index contributed by atoms with van der Waals surface area (Å²) in [6.45, 7) is 3.57. The van der Waals surface area contributed by atoms with Crippen LogP contribution in [0.5, 0.6) is 5.75 Å². The van der Waals surface area contributed by atoms with Gasteiger partial charge in [0.25, 0.3) is 11.5 Å². The van der Waals surface area contributed by atoms with Gasteiger partial charge >= 0.3 is 5.63 Å². The molecule has 5 rings (SSSR count). The van der Waals surface area contributed by atoms with E-state index in [2.05, 4.69) is 0 Å². The van der Waals surface area contributed by atoms with E-state index in [1.807, 2.05) is 22.5 Å². The predicted molar refractivity (Wildman–Crippen MR) is 120 cm³/mol. The third kappa shape index (κ3) is 3.71. The highest BCUT2D eigenvalue weighted by Gasteiger charge is 2.36. The van der Waals surface area contributed by atoms with Crippen molar-refractivity contribution in [1.29, 1.82) is 0 Å². The number of hydrogen-bond donors (Lipinski definition) is 0. The summed E-state index contributed by atoms with van der Waals surface area (Å²) >= 11 is 6.39. The number of amides is 1. The lowest BCUT2D eigenvalue weighted by Crippen LogP contribution is -2.50. The number of hydrogen-bond acceptors (Lipinski definition) is 5. The zero-order valence-electron chi connectivity index (χ0n) is 17.7. The monoisotopic (exact) mass is 454 g/mol. The first-order valence-corrected chi connectivity index (χ1v) is 11.2. The number of carbonyl (C=O) groups is 1. The number of halogens is 1. The Bertz CT molecular complexity index is 1330. The Morgan fingerprint density at radius 1 is 1.19 bits per heavy atom. The van der Waals surface area contributed by atoms with Crippen LogP contribution in [0.15, 0.2) is 50.4 Å². The summed E-state index contributed by atoms with van der Waals surface area (Å²) in [7, 11) is 0. The topological polar surface area (TPSA) is 81.8 Å². The molecule has 1 aromatic carbocycles. The van der Waals surface area contributed by atoms with Gasteiger partial charge in [-0.15, -0.1) is 0 Å². The van der Waals surface area contributed by atoms with Crippen molar-refractivity contribution in [2.45, 2.75) is 32.2 Å². The number of benzene rings is 1. The van der Waals surface area contributed by atoms with Crippen molar-refractivity contribution < 1.29 is 13.9 Å². The van der Waals surface area contributed by atoms with Crippen molar-refractivity contribution in [3.05, 3.63) is 73.5 Å². The average molecular weight is 455 g/mol. The highest BCUT2D eigenvalue weighted by Crippen LogP contribution is 2.35. The van der Waals surface area contributed by atoms with Gasteiger partial charge in [0.05, 0.1) is 5.02 Å². The maximum Gasteiger partial charge on any atom is 0.336 e. The number of ether oxygens (including phenoxy) is 1. The van der Waals surface area contributed by atoms with Crippen LogP contribution in [-0.4, -0.2) is 35.1 Å². The molecule has 0 saturated carbocycles. The van der Waals surface area contributed by atoms with E-state index in [0.717, 1.165) is 23.1 Å². The van der Waals surface area contributed by atoms with Gasteiger partial charge in [0.2, 0.25) is 0 Å². The number of piperidine rings is 1. The smallest absolute Gasteiger partial charge is 0.336 e. The van der Waals surface area contributed by atoms with E-state index < -0.39 is 5.63 Å². The summed E-state index contributed by atoms with van der Waals surface area (Å²) in [5.41, 5.74) is 1.81. The minimum atomic E-state index is -0.432. The number of fused-ring (bicyclic) bond motifs is 5. The number of nitrogens with zero attached hydrogens (tertiary/aromatic N) is 2. The summed E-state index contributed by atoms with van der Waals surface area (Å²) in [5, 5.41) is 1.12. The maximum absolute atomic E-state index is 12.9. The number of likely N-dealkylation sites (tertiary alicyclic amines) is 1. The van der Waals surface area contributed by atoms with Gasteiger partial charge in [0.15, 0.2) is 6.61 Å². The van der Waals surface area contributed by atoms with Gasteiger partial charge < -0.3 is 18.6 Å². The minimum absolute atomic E-state index is 0.0177. The zero-order valence-corrected chi connectivity index (χ0v) is 18.4. The molecule has 3 aromatic rings. The maximum atomic E-state index is 12.9. The summed E-state index contributed by atoms with van der Waals surface area (Å²) in [6.07, 6.45) is 1.65. The third-order valence-electron chi connectivity index (χ3n) is 6.45. The largest absolute Gasteiger partial charge is 0.482 e. The lowest BCUT2D eigenvalue weighted by molar-refractivity contribution is -0.136. The summed E-state index contributed by atoms with van der Waals surface area (Å²) in [4.78, 5) is 38.7. The van der Waals surface area contributed by atoms with Crippen molar-refractivity contribution in [3.63, 3.8) is 0 Å². The number of aromatic nitrogens is 1. The molecule has 4 heterocycles. The molecule has 1 fully saturated rings. The van der Waals surface area contributed by atoms with Crippen LogP contribution < -0.4 is 15.9 Å². The quantitative estimate of drug-likeness (QED) is 0.565. The first-order chi connectivity index (χ1) is 15.4. The molecule has 166 valence electrons. The fraction of sp³-hybridized carbons (Fsp3) is 0.375. The Labute approximate surface area is 189 Å². The first-order valence-electron chi connectivity index (χ1n) is 10.8. The number of rotatable bonds is 4. The fourth-order valence-corrected chi connectivity index (χ4v) is 5.18. The molecule has 32 heavy (non-hydrogen) atoms. The van der Waals surface area contributed by atoms with Gasteiger partial charge in [-0.3, -0.25) is 9.59 Å². The van der Waals surface area contributed by atoms with Crippen molar-refractivity contribution in [2.24, 2.45) is 5.92 Å². The molecule has 2 aliphatic rings. The van der Waals surface area contributed by atoms with Crippen LogP contribution in [0.25, 0.3) is 11.0 Å². The molecular weight excluding hydrogens is 432 g/mol. The molecule has 0 N–H and O–H groups in total. The van der Waals surface area contributed by atoms with E-state index in [0.29, 0.717) is 42.4 Å². The van der Waals surface area contributed by atoms with Crippen LogP contribution >= 0.6 is 11.6 Å². The Kier molecular flexibility index (Phi) is 5.29. The van der Waals surface area contributed by atoms with E-state index in [9.17, 15) is 14.4 Å². The molecule has 2 atom stereocenters. The predicted octanol–water partition coefficient (Wildman–Crippen LogP) is 3.20. The van der Waals surface area contributed by atoms with Gasteiger partial charge in [-0.25, -0.2) is 4.79 Å². The van der Waals surface area contributed by atoms with Gasteiger partial charge in [-0.05, 0) is 36.5 Å². The van der Waals surface area contributed by atoms with Gasteiger partial charge in [-0.1, -0.05) is 24.6 Å². The number of pyridine rings is 1. The van der Waals surface area contributed by atoms with E-state index in [4.69, 9.17) is 20.8 Å². The van der Waals surface area contributed by atoms with Gasteiger partial charge in [-0.2, -0.15) is 0 Å². The van der Waals surface area contributed by atoms with Crippen LogP contribution in [0, 0.1) is 5.92 Å². The molecule has 0 spiro atoms. The van der Waals surface area contributed by atoms with E-state index >= 15 is 0 Å². The Morgan fingerprint density at radius 3 is 2.84 bits per heavy atom. The fourth-order valence-electron chi connectivity index (χ4n) is 4.96. The van der Waals surface area contributed by atoms with Crippen LogP contribution in [-0.2, 0) is 17.8 Å². The van der Waals surface area contributed by atoms with Crippen LogP contribution in [0.2, 0.25) is 5.02 Å². The summed E-state index contributed by atoms with van der Waals surface area (Å²) in [5.74, 6) is 0.562. The number of aryl methyl sites for hydroxylation is 1. The lowest BCUT2D eigenvalue weighted by Gasteiger charge is -2.42. The second kappa shape index (κ2) is 8.13. The lowest BCUT2D eigenvalue weighted by atomic mass is 9.83. The van der Waals surface area contributed by atoms with Gasteiger partial charge in [0, 0.05) is 54.8 Å². The van der Waals surface area contributed by atoms with Crippen molar-refractivity contribution in [1.82, 2.24) is 9.47 Å². The normalized spacial score (nSPS) is 19.6. The Balaban J connectivity index is 1.32.